The number of hydrogen-bond acceptors (Lipinski definition) is 6. The van der Waals surface area contributed by atoms with Crippen molar-refractivity contribution in [3.05, 3.63) is 11.3 Å². The van der Waals surface area contributed by atoms with Crippen LogP contribution in [0.4, 0.5) is 0 Å². The standard InChI is InChI=1S/C12H22N4O4/c1-9-10(11(13)15-17)12(16(2)14-9)20-8-7-19-6-4-5-18-3/h17H,4-8H2,1-3H3,(H2,13,15). The zero-order chi connectivity index (χ0) is 15.0. The fourth-order valence-corrected chi connectivity index (χ4v) is 1.75. The minimum atomic E-state index is -0.0217. The van der Waals surface area contributed by atoms with Gasteiger partial charge in [-0.25, -0.2) is 4.68 Å². The fourth-order valence-electron chi connectivity index (χ4n) is 1.75. The number of oxime groups is 1. The Labute approximate surface area is 118 Å². The van der Waals surface area contributed by atoms with Crippen LogP contribution < -0.4 is 10.5 Å². The molecule has 8 heteroatoms. The molecule has 0 saturated carbocycles. The van der Waals surface area contributed by atoms with Crippen LogP contribution in [0.2, 0.25) is 0 Å². The molecule has 0 atom stereocenters. The van der Waals surface area contributed by atoms with Gasteiger partial charge in [-0.3, -0.25) is 0 Å². The van der Waals surface area contributed by atoms with Crippen molar-refractivity contribution in [2.24, 2.45) is 17.9 Å². The Morgan fingerprint density at radius 1 is 1.35 bits per heavy atom. The lowest BCUT2D eigenvalue weighted by Gasteiger charge is -2.09. The van der Waals surface area contributed by atoms with Crippen LogP contribution in [0.3, 0.4) is 0 Å². The summed E-state index contributed by atoms with van der Waals surface area (Å²) in [5.74, 6) is 0.435. The van der Waals surface area contributed by atoms with E-state index in [0.29, 0.717) is 43.6 Å². The van der Waals surface area contributed by atoms with Crippen molar-refractivity contribution in [1.29, 1.82) is 0 Å². The normalized spacial score (nSPS) is 11.8. The summed E-state index contributed by atoms with van der Waals surface area (Å²) < 4.78 is 17.4. The van der Waals surface area contributed by atoms with E-state index in [0.717, 1.165) is 6.42 Å². The van der Waals surface area contributed by atoms with Crippen molar-refractivity contribution in [2.75, 3.05) is 33.5 Å². The molecule has 0 fully saturated rings. The molecule has 0 unspecified atom stereocenters. The highest BCUT2D eigenvalue weighted by molar-refractivity contribution is 6.00. The first-order chi connectivity index (χ1) is 9.61. The maximum absolute atomic E-state index is 8.77. The second kappa shape index (κ2) is 8.39. The minimum absolute atomic E-state index is 0.0217. The molecule has 0 spiro atoms. The van der Waals surface area contributed by atoms with Crippen LogP contribution in [0.15, 0.2) is 5.16 Å². The van der Waals surface area contributed by atoms with Gasteiger partial charge in [0.1, 0.15) is 12.2 Å². The van der Waals surface area contributed by atoms with Gasteiger partial charge in [0.25, 0.3) is 0 Å². The molecule has 0 aliphatic heterocycles. The average Bonchev–Trinajstić information content (AvgIpc) is 2.71. The molecule has 0 aromatic carbocycles. The van der Waals surface area contributed by atoms with E-state index >= 15 is 0 Å². The highest BCUT2D eigenvalue weighted by Crippen LogP contribution is 2.20. The number of hydrogen-bond donors (Lipinski definition) is 2. The van der Waals surface area contributed by atoms with Gasteiger partial charge in [-0.2, -0.15) is 5.10 Å². The van der Waals surface area contributed by atoms with E-state index in [1.54, 1.807) is 25.8 Å². The van der Waals surface area contributed by atoms with Crippen molar-refractivity contribution in [1.82, 2.24) is 9.78 Å². The predicted molar refractivity (Wildman–Crippen MR) is 73.3 cm³/mol. The van der Waals surface area contributed by atoms with Crippen LogP contribution in [0.1, 0.15) is 17.7 Å². The monoisotopic (exact) mass is 286 g/mol. The topological polar surface area (TPSA) is 104 Å². The number of amidine groups is 1. The maximum atomic E-state index is 8.77. The van der Waals surface area contributed by atoms with Crippen LogP contribution in [-0.4, -0.2) is 54.4 Å². The lowest BCUT2D eigenvalue weighted by atomic mass is 10.2. The summed E-state index contributed by atoms with van der Waals surface area (Å²) in [5, 5.41) is 15.9. The van der Waals surface area contributed by atoms with E-state index in [2.05, 4.69) is 10.3 Å². The van der Waals surface area contributed by atoms with E-state index in [4.69, 9.17) is 25.2 Å². The van der Waals surface area contributed by atoms with Crippen LogP contribution in [0, 0.1) is 6.92 Å². The first-order valence-corrected chi connectivity index (χ1v) is 6.32. The summed E-state index contributed by atoms with van der Waals surface area (Å²) in [4.78, 5) is 0. The first kappa shape index (κ1) is 16.3. The molecule has 3 N–H and O–H groups in total. The summed E-state index contributed by atoms with van der Waals surface area (Å²) in [6.07, 6.45) is 0.844. The predicted octanol–water partition coefficient (Wildman–Crippen LogP) is 0.255. The third-order valence-corrected chi connectivity index (χ3v) is 2.64. The van der Waals surface area contributed by atoms with Crippen molar-refractivity contribution in [3.63, 3.8) is 0 Å². The van der Waals surface area contributed by atoms with Gasteiger partial charge in [0.15, 0.2) is 5.84 Å². The number of nitrogens with zero attached hydrogens (tertiary/aromatic N) is 3. The van der Waals surface area contributed by atoms with Crippen molar-refractivity contribution in [2.45, 2.75) is 13.3 Å². The van der Waals surface area contributed by atoms with E-state index < -0.39 is 0 Å². The zero-order valence-electron chi connectivity index (χ0n) is 12.1. The number of methoxy groups -OCH3 is 1. The number of rotatable bonds is 9. The molecule has 1 aromatic rings. The summed E-state index contributed by atoms with van der Waals surface area (Å²) in [5.41, 5.74) is 6.75. The molecule has 1 aromatic heterocycles. The largest absolute Gasteiger partial charge is 0.475 e. The zero-order valence-corrected chi connectivity index (χ0v) is 12.1. The summed E-state index contributed by atoms with van der Waals surface area (Å²) in [6, 6.07) is 0. The number of aromatic nitrogens is 2. The van der Waals surface area contributed by atoms with Gasteiger partial charge in [-0.05, 0) is 13.3 Å². The summed E-state index contributed by atoms with van der Waals surface area (Å²) >= 11 is 0. The second-order valence-corrected chi connectivity index (χ2v) is 4.18. The number of aryl methyl sites for hydroxylation is 2. The average molecular weight is 286 g/mol. The quantitative estimate of drug-likeness (QED) is 0.222. The Morgan fingerprint density at radius 3 is 2.75 bits per heavy atom. The van der Waals surface area contributed by atoms with Gasteiger partial charge in [0, 0.05) is 27.4 Å². The van der Waals surface area contributed by atoms with E-state index in [1.165, 1.54) is 0 Å². The lowest BCUT2D eigenvalue weighted by molar-refractivity contribution is 0.0784. The molecule has 114 valence electrons. The molecule has 0 aliphatic rings. The highest BCUT2D eigenvalue weighted by Gasteiger charge is 2.18. The van der Waals surface area contributed by atoms with Crippen LogP contribution in [-0.2, 0) is 16.5 Å². The van der Waals surface area contributed by atoms with E-state index in [9.17, 15) is 0 Å². The van der Waals surface area contributed by atoms with Crippen LogP contribution >= 0.6 is 0 Å². The SMILES string of the molecule is COCCCOCCOc1c(C(N)=NO)c(C)nn1C. The molecule has 1 heterocycles. The van der Waals surface area contributed by atoms with Gasteiger partial charge in [-0.1, -0.05) is 5.16 Å². The smallest absolute Gasteiger partial charge is 0.223 e. The highest BCUT2D eigenvalue weighted by atomic mass is 16.5. The van der Waals surface area contributed by atoms with Gasteiger partial charge >= 0.3 is 0 Å². The maximum Gasteiger partial charge on any atom is 0.223 e. The van der Waals surface area contributed by atoms with Crippen molar-refractivity contribution < 1.29 is 19.4 Å². The lowest BCUT2D eigenvalue weighted by Crippen LogP contribution is -2.17. The fraction of sp³-hybridized carbons (Fsp3) is 0.667. The number of ether oxygens (including phenoxy) is 3. The van der Waals surface area contributed by atoms with Crippen molar-refractivity contribution >= 4 is 5.84 Å². The summed E-state index contributed by atoms with van der Waals surface area (Å²) in [6.45, 7) is 3.87. The molecule has 0 radical (unpaired) electrons. The third kappa shape index (κ3) is 4.39. The summed E-state index contributed by atoms with van der Waals surface area (Å²) in [7, 11) is 3.39. The molecule has 0 bridgehead atoms. The van der Waals surface area contributed by atoms with Gasteiger partial charge in [0.05, 0.1) is 12.3 Å². The molecule has 8 nitrogen and oxygen atoms in total. The Hall–Kier alpha value is -1.80. The van der Waals surface area contributed by atoms with Gasteiger partial charge in [-0.15, -0.1) is 0 Å². The first-order valence-electron chi connectivity index (χ1n) is 6.32. The molecule has 20 heavy (non-hydrogen) atoms. The van der Waals surface area contributed by atoms with E-state index in [-0.39, 0.29) is 5.84 Å². The van der Waals surface area contributed by atoms with Crippen LogP contribution in [0.5, 0.6) is 5.88 Å². The second-order valence-electron chi connectivity index (χ2n) is 4.18. The van der Waals surface area contributed by atoms with Crippen molar-refractivity contribution in [3.8, 4) is 5.88 Å². The molecule has 0 amide bonds. The van der Waals surface area contributed by atoms with Gasteiger partial charge < -0.3 is 25.2 Å². The Kier molecular flexibility index (Phi) is 6.82. The van der Waals surface area contributed by atoms with Gasteiger partial charge in [0.2, 0.25) is 5.88 Å². The Bertz CT molecular complexity index is 445. The van der Waals surface area contributed by atoms with Crippen LogP contribution in [0.25, 0.3) is 0 Å². The molecule has 0 aliphatic carbocycles. The molecular formula is C12H22N4O4. The minimum Gasteiger partial charge on any atom is -0.475 e. The molecule has 1 rings (SSSR count). The molecule has 0 saturated heterocycles. The number of nitrogens with two attached hydrogens (primary N) is 1. The van der Waals surface area contributed by atoms with E-state index in [1.807, 2.05) is 0 Å². The Morgan fingerprint density at radius 2 is 2.10 bits per heavy atom. The molecular weight excluding hydrogens is 264 g/mol. The Balaban J connectivity index is 2.48. The third-order valence-electron chi connectivity index (χ3n) is 2.64.